The number of halogens is 2. The Labute approximate surface area is 185 Å². The van der Waals surface area contributed by atoms with Crippen molar-refractivity contribution < 1.29 is 18.3 Å². The van der Waals surface area contributed by atoms with Crippen molar-refractivity contribution in [1.82, 2.24) is 15.1 Å². The van der Waals surface area contributed by atoms with Crippen molar-refractivity contribution >= 4 is 5.96 Å². The predicted octanol–water partition coefficient (Wildman–Crippen LogP) is 3.44. The molecule has 1 heterocycles. The van der Waals surface area contributed by atoms with Crippen molar-refractivity contribution in [3.8, 4) is 0 Å². The maximum absolute atomic E-state index is 14.3. The van der Waals surface area contributed by atoms with Gasteiger partial charge in [-0.05, 0) is 32.3 Å². The van der Waals surface area contributed by atoms with Crippen molar-refractivity contribution in [2.24, 2.45) is 4.99 Å². The van der Waals surface area contributed by atoms with Crippen LogP contribution in [0.15, 0.2) is 23.2 Å². The highest BCUT2D eigenvalue weighted by atomic mass is 19.1. The first kappa shape index (κ1) is 25.5. The number of methoxy groups -OCH3 is 1. The third kappa shape index (κ3) is 8.35. The van der Waals surface area contributed by atoms with Crippen LogP contribution in [0.5, 0.6) is 0 Å². The molecule has 0 amide bonds. The Hall–Kier alpha value is -1.77. The zero-order valence-corrected chi connectivity index (χ0v) is 19.2. The lowest BCUT2D eigenvalue weighted by Crippen LogP contribution is -2.53. The molecular formula is C23H38F2N4O2. The zero-order valence-electron chi connectivity index (χ0n) is 19.2. The molecule has 0 saturated carbocycles. The molecule has 1 aromatic rings. The van der Waals surface area contributed by atoms with Crippen LogP contribution in [-0.2, 0) is 9.47 Å². The van der Waals surface area contributed by atoms with Gasteiger partial charge in [0.25, 0.3) is 0 Å². The van der Waals surface area contributed by atoms with Gasteiger partial charge in [-0.3, -0.25) is 9.89 Å². The summed E-state index contributed by atoms with van der Waals surface area (Å²) in [5.41, 5.74) is 0.575. The smallest absolute Gasteiger partial charge is 0.194 e. The maximum atomic E-state index is 14.3. The van der Waals surface area contributed by atoms with Crippen LogP contribution in [0.25, 0.3) is 0 Å². The first-order valence-electron chi connectivity index (χ1n) is 11.4. The minimum atomic E-state index is -0.533. The molecule has 176 valence electrons. The second kappa shape index (κ2) is 14.3. The lowest BCUT2D eigenvalue weighted by molar-refractivity contribution is 0.0690. The Kier molecular flexibility index (Phi) is 11.8. The molecule has 2 rings (SSSR count). The zero-order chi connectivity index (χ0) is 22.5. The number of aliphatic imine (C=N–C) groups is 1. The van der Waals surface area contributed by atoms with E-state index in [0.29, 0.717) is 18.8 Å². The maximum Gasteiger partial charge on any atom is 0.194 e. The molecule has 0 bridgehead atoms. The summed E-state index contributed by atoms with van der Waals surface area (Å²) in [5, 5.41) is 3.38. The number of ether oxygens (including phenoxy) is 2. The molecule has 0 aliphatic carbocycles. The number of piperazine rings is 1. The first-order valence-corrected chi connectivity index (χ1v) is 11.4. The van der Waals surface area contributed by atoms with Crippen LogP contribution in [0, 0.1) is 11.6 Å². The van der Waals surface area contributed by atoms with Crippen LogP contribution in [0.3, 0.4) is 0 Å². The normalized spacial score (nSPS) is 16.5. The Morgan fingerprint density at radius 1 is 1.10 bits per heavy atom. The van der Waals surface area contributed by atoms with Crippen molar-refractivity contribution in [1.29, 1.82) is 0 Å². The average Bonchev–Trinajstić information content (AvgIpc) is 2.77. The molecule has 1 fully saturated rings. The quantitative estimate of drug-likeness (QED) is 0.307. The summed E-state index contributed by atoms with van der Waals surface area (Å²) in [4.78, 5) is 9.33. The van der Waals surface area contributed by atoms with Crippen LogP contribution in [0.1, 0.15) is 44.7 Å². The lowest BCUT2D eigenvalue weighted by Gasteiger charge is -2.40. The van der Waals surface area contributed by atoms with Gasteiger partial charge in [-0.25, -0.2) is 8.78 Å². The van der Waals surface area contributed by atoms with E-state index in [0.717, 1.165) is 77.2 Å². The fraction of sp³-hybridized carbons (Fsp3) is 0.696. The van der Waals surface area contributed by atoms with Crippen LogP contribution >= 0.6 is 0 Å². The second-order valence-corrected chi connectivity index (χ2v) is 7.66. The standard InChI is InChI=1S/C23H38F2N4O2/c1-4-22(20-9-8-19(24)18-21(20)25)28-11-13-29(14-12-28)23(26-5-2)27-10-6-7-15-31-17-16-30-3/h8-9,18,22H,4-7,10-17H2,1-3H3,(H,26,27). The summed E-state index contributed by atoms with van der Waals surface area (Å²) >= 11 is 0. The molecule has 1 aromatic carbocycles. The highest BCUT2D eigenvalue weighted by Crippen LogP contribution is 2.28. The van der Waals surface area contributed by atoms with Gasteiger partial charge in [0.2, 0.25) is 0 Å². The molecule has 1 saturated heterocycles. The molecule has 31 heavy (non-hydrogen) atoms. The molecule has 1 unspecified atom stereocenters. The van der Waals surface area contributed by atoms with Crippen molar-refractivity contribution in [3.63, 3.8) is 0 Å². The number of unbranched alkanes of at least 4 members (excludes halogenated alkanes) is 1. The van der Waals surface area contributed by atoms with Gasteiger partial charge < -0.3 is 19.7 Å². The number of benzene rings is 1. The Morgan fingerprint density at radius 3 is 2.52 bits per heavy atom. The van der Waals surface area contributed by atoms with Gasteiger partial charge in [-0.15, -0.1) is 0 Å². The lowest BCUT2D eigenvalue weighted by atomic mass is 10.0. The van der Waals surface area contributed by atoms with E-state index >= 15 is 0 Å². The number of nitrogens with one attached hydrogen (secondary N) is 1. The predicted molar refractivity (Wildman–Crippen MR) is 120 cm³/mol. The summed E-state index contributed by atoms with van der Waals surface area (Å²) in [5.74, 6) is -0.0622. The Balaban J connectivity index is 1.84. The molecule has 0 spiro atoms. The molecule has 8 heteroatoms. The van der Waals surface area contributed by atoms with E-state index in [2.05, 4.69) is 22.0 Å². The molecular weight excluding hydrogens is 402 g/mol. The summed E-state index contributed by atoms with van der Waals surface area (Å²) < 4.78 is 38.1. The van der Waals surface area contributed by atoms with Crippen molar-refractivity contribution in [2.45, 2.75) is 39.2 Å². The summed E-state index contributed by atoms with van der Waals surface area (Å²) in [6.07, 6.45) is 2.73. The van der Waals surface area contributed by atoms with Gasteiger partial charge in [-0.1, -0.05) is 13.0 Å². The summed E-state index contributed by atoms with van der Waals surface area (Å²) in [6.45, 7) is 11.0. The van der Waals surface area contributed by atoms with Gasteiger partial charge in [0.1, 0.15) is 11.6 Å². The van der Waals surface area contributed by atoms with E-state index in [1.807, 2.05) is 6.92 Å². The topological polar surface area (TPSA) is 49.3 Å². The fourth-order valence-corrected chi connectivity index (χ4v) is 3.86. The molecule has 1 N–H and O–H groups in total. The van der Waals surface area contributed by atoms with E-state index < -0.39 is 11.6 Å². The number of rotatable bonds is 12. The van der Waals surface area contributed by atoms with Crippen molar-refractivity contribution in [3.05, 3.63) is 35.4 Å². The molecule has 0 aromatic heterocycles. The number of hydrogen-bond donors (Lipinski definition) is 1. The SMILES string of the molecule is CCNC(=NCCCCOCCOC)N1CCN(C(CC)c2ccc(F)cc2F)CC1. The van der Waals surface area contributed by atoms with Gasteiger partial charge in [0, 0.05) is 70.7 Å². The van der Waals surface area contributed by atoms with E-state index in [1.165, 1.54) is 6.07 Å². The van der Waals surface area contributed by atoms with Gasteiger partial charge in [0.15, 0.2) is 5.96 Å². The minimum Gasteiger partial charge on any atom is -0.382 e. The van der Waals surface area contributed by atoms with E-state index in [-0.39, 0.29) is 6.04 Å². The molecule has 1 atom stereocenters. The van der Waals surface area contributed by atoms with Crippen LogP contribution in [0.2, 0.25) is 0 Å². The third-order valence-electron chi connectivity index (χ3n) is 5.49. The molecule has 0 radical (unpaired) electrons. The number of guanidine groups is 1. The highest BCUT2D eigenvalue weighted by Gasteiger charge is 2.27. The van der Waals surface area contributed by atoms with E-state index in [4.69, 9.17) is 14.5 Å². The highest BCUT2D eigenvalue weighted by molar-refractivity contribution is 5.80. The second-order valence-electron chi connectivity index (χ2n) is 7.66. The largest absolute Gasteiger partial charge is 0.382 e. The van der Waals surface area contributed by atoms with Crippen LogP contribution in [0.4, 0.5) is 8.78 Å². The van der Waals surface area contributed by atoms with E-state index in [9.17, 15) is 8.78 Å². The monoisotopic (exact) mass is 440 g/mol. The Morgan fingerprint density at radius 2 is 1.87 bits per heavy atom. The molecule has 1 aliphatic heterocycles. The first-order chi connectivity index (χ1) is 15.1. The van der Waals surface area contributed by atoms with Gasteiger partial charge in [0.05, 0.1) is 13.2 Å². The van der Waals surface area contributed by atoms with E-state index in [1.54, 1.807) is 13.2 Å². The third-order valence-corrected chi connectivity index (χ3v) is 5.49. The number of hydrogen-bond acceptors (Lipinski definition) is 4. The molecule has 6 nitrogen and oxygen atoms in total. The fourth-order valence-electron chi connectivity index (χ4n) is 3.86. The van der Waals surface area contributed by atoms with Crippen LogP contribution < -0.4 is 5.32 Å². The van der Waals surface area contributed by atoms with Gasteiger partial charge >= 0.3 is 0 Å². The summed E-state index contributed by atoms with van der Waals surface area (Å²) in [6, 6.07) is 3.86. The molecule has 1 aliphatic rings. The minimum absolute atomic E-state index is 0.0413. The van der Waals surface area contributed by atoms with Gasteiger partial charge in [-0.2, -0.15) is 0 Å². The van der Waals surface area contributed by atoms with Crippen molar-refractivity contribution in [2.75, 3.05) is 66.2 Å². The summed E-state index contributed by atoms with van der Waals surface area (Å²) in [7, 11) is 1.67. The Bertz CT molecular complexity index is 667. The average molecular weight is 441 g/mol. The number of nitrogens with zero attached hydrogens (tertiary/aromatic N) is 3. The van der Waals surface area contributed by atoms with Crippen LogP contribution in [-0.4, -0.2) is 82.0 Å².